The van der Waals surface area contributed by atoms with Crippen molar-refractivity contribution in [1.29, 1.82) is 5.39 Å². The molecular weight excluding hydrogens is 276 g/mol. The maximum absolute atomic E-state index is 10.4. The molecule has 0 saturated carbocycles. The number of nitrogens with zero attached hydrogens (tertiary/aromatic N) is 2. The van der Waals surface area contributed by atoms with Crippen molar-refractivity contribution in [2.75, 3.05) is 0 Å². The van der Waals surface area contributed by atoms with Gasteiger partial charge in [-0.15, -0.1) is 0 Å². The van der Waals surface area contributed by atoms with Gasteiger partial charge in [-0.25, -0.2) is 8.42 Å². The summed E-state index contributed by atoms with van der Waals surface area (Å²) in [6, 6.07) is 13.1. The van der Waals surface area contributed by atoms with Crippen LogP contribution in [0.15, 0.2) is 53.4 Å². The van der Waals surface area contributed by atoms with E-state index in [4.69, 9.17) is 5.39 Å². The van der Waals surface area contributed by atoms with E-state index in [-0.39, 0.29) is 4.90 Å². The Bertz CT molecular complexity index is 717. The van der Waals surface area contributed by atoms with Gasteiger partial charge in [0.25, 0.3) is 0 Å². The summed E-state index contributed by atoms with van der Waals surface area (Å²) in [4.78, 5) is 2.85. The third-order valence-corrected chi connectivity index (χ3v) is 3.28. The van der Waals surface area contributed by atoms with Crippen molar-refractivity contribution in [3.8, 4) is 0 Å². The Morgan fingerprint density at radius 1 is 1.00 bits per heavy atom. The van der Waals surface area contributed by atoms with Gasteiger partial charge < -0.3 is 4.55 Å². The molecule has 20 heavy (non-hydrogen) atoms. The van der Waals surface area contributed by atoms with Crippen LogP contribution in [0.1, 0.15) is 11.1 Å². The lowest BCUT2D eigenvalue weighted by atomic mass is 10.2. The molecule has 104 valence electrons. The van der Waals surface area contributed by atoms with Crippen LogP contribution < -0.4 is 0 Å². The molecule has 2 aromatic carbocycles. The lowest BCUT2D eigenvalue weighted by Gasteiger charge is -2.05. The fourth-order valence-electron chi connectivity index (χ4n) is 1.40. The van der Waals surface area contributed by atoms with Crippen LogP contribution in [0.4, 0.5) is 5.69 Å². The van der Waals surface area contributed by atoms with E-state index in [0.29, 0.717) is 5.69 Å². The average molecular weight is 290 g/mol. The van der Waals surface area contributed by atoms with E-state index in [9.17, 15) is 13.0 Å². The Hall–Kier alpha value is -2.23. The van der Waals surface area contributed by atoms with Crippen molar-refractivity contribution < 1.29 is 13.0 Å². The summed E-state index contributed by atoms with van der Waals surface area (Å²) in [5.74, 6) is 0. The second-order valence-electron chi connectivity index (χ2n) is 4.21. The predicted molar refractivity (Wildman–Crippen MR) is 75.1 cm³/mol. The van der Waals surface area contributed by atoms with Gasteiger partial charge in [-0.05, 0) is 31.5 Å². The highest BCUT2D eigenvalue weighted by atomic mass is 32.2. The van der Waals surface area contributed by atoms with Crippen LogP contribution in [0.5, 0.6) is 0 Å². The Morgan fingerprint density at radius 3 is 2.00 bits per heavy atom. The van der Waals surface area contributed by atoms with Crippen molar-refractivity contribution >= 4 is 15.8 Å². The predicted octanol–water partition coefficient (Wildman–Crippen LogP) is 3.38. The number of diazo groups is 1. The molecule has 0 aliphatic rings. The van der Waals surface area contributed by atoms with Crippen molar-refractivity contribution in [3.63, 3.8) is 0 Å². The smallest absolute Gasteiger partial charge is 0.385 e. The molecule has 0 N–H and O–H groups in total. The molecule has 0 amide bonds. The molecule has 0 fully saturated rings. The summed E-state index contributed by atoms with van der Waals surface area (Å²) in [5, 5.41) is 8.29. The van der Waals surface area contributed by atoms with Gasteiger partial charge in [0, 0.05) is 12.1 Å². The van der Waals surface area contributed by atoms with Crippen molar-refractivity contribution in [1.82, 2.24) is 0 Å². The lowest BCUT2D eigenvalue weighted by molar-refractivity contribution is 0.463. The van der Waals surface area contributed by atoms with Crippen molar-refractivity contribution in [2.45, 2.75) is 18.7 Å². The fourth-order valence-corrected chi connectivity index (χ4v) is 1.86. The second kappa shape index (κ2) is 6.80. The van der Waals surface area contributed by atoms with E-state index in [2.05, 4.69) is 4.98 Å². The first-order chi connectivity index (χ1) is 9.32. The minimum Gasteiger partial charge on any atom is -0.744 e. The van der Waals surface area contributed by atoms with Crippen LogP contribution >= 0.6 is 0 Å². The zero-order valence-electron chi connectivity index (χ0n) is 11.1. The van der Waals surface area contributed by atoms with Crippen LogP contribution in [0, 0.1) is 19.2 Å². The number of benzene rings is 2. The van der Waals surface area contributed by atoms with Gasteiger partial charge in [0.15, 0.2) is 4.98 Å². The number of hydrogen-bond donors (Lipinski definition) is 0. The number of aryl methyl sites for hydroxylation is 2. The van der Waals surface area contributed by atoms with Gasteiger partial charge in [0.05, 0.1) is 4.90 Å². The monoisotopic (exact) mass is 290 g/mol. The molecule has 2 rings (SSSR count). The SMILES string of the molecule is Cc1ccc(S(=O)(=O)[O-])cc1.Cc1cccc([N+]#N)c1. The molecule has 0 heterocycles. The molecule has 0 atom stereocenters. The quantitative estimate of drug-likeness (QED) is 0.595. The molecule has 0 aliphatic carbocycles. The van der Waals surface area contributed by atoms with Gasteiger partial charge in [-0.1, -0.05) is 29.8 Å². The molecule has 0 aromatic heterocycles. The first-order valence-electron chi connectivity index (χ1n) is 5.77. The van der Waals surface area contributed by atoms with Crippen LogP contribution in [0.25, 0.3) is 4.98 Å². The van der Waals surface area contributed by atoms with Gasteiger partial charge in [0.1, 0.15) is 10.1 Å². The maximum Gasteiger partial charge on any atom is 0.385 e. The molecule has 0 bridgehead atoms. The molecule has 6 heteroatoms. The molecule has 0 radical (unpaired) electrons. The summed E-state index contributed by atoms with van der Waals surface area (Å²) in [6.07, 6.45) is 0. The van der Waals surface area contributed by atoms with E-state index in [0.717, 1.165) is 11.1 Å². The zero-order chi connectivity index (χ0) is 15.2. The van der Waals surface area contributed by atoms with E-state index in [1.165, 1.54) is 12.1 Å². The van der Waals surface area contributed by atoms with Crippen molar-refractivity contribution in [3.05, 3.63) is 64.6 Å². The standard InChI is InChI=1S/C7H7N2.C7H8O3S/c1-6-3-2-4-7(5-6)9-8;1-6-2-4-7(5-3-6)11(8,9)10/h2-5H,1H3;2-5H,1H3,(H,8,9,10)/q+1;/p-1. The normalized spacial score (nSPS) is 10.1. The van der Waals surface area contributed by atoms with Gasteiger partial charge in [-0.2, -0.15) is 0 Å². The molecule has 0 saturated heterocycles. The summed E-state index contributed by atoms with van der Waals surface area (Å²) in [7, 11) is -4.27. The van der Waals surface area contributed by atoms with E-state index in [1.54, 1.807) is 24.3 Å². The Balaban J connectivity index is 0.000000204. The molecule has 0 unspecified atom stereocenters. The Morgan fingerprint density at radius 2 is 1.60 bits per heavy atom. The third kappa shape index (κ3) is 5.18. The molecule has 2 aromatic rings. The molecule has 5 nitrogen and oxygen atoms in total. The largest absolute Gasteiger partial charge is 0.744 e. The van der Waals surface area contributed by atoms with Gasteiger partial charge in [-0.3, -0.25) is 0 Å². The third-order valence-electron chi connectivity index (χ3n) is 2.43. The first-order valence-corrected chi connectivity index (χ1v) is 7.18. The van der Waals surface area contributed by atoms with E-state index >= 15 is 0 Å². The first kappa shape index (κ1) is 15.8. The number of hydrogen-bond acceptors (Lipinski definition) is 4. The van der Waals surface area contributed by atoms with Crippen LogP contribution in [-0.2, 0) is 10.1 Å². The van der Waals surface area contributed by atoms with E-state index in [1.807, 2.05) is 26.0 Å². The fraction of sp³-hybridized carbons (Fsp3) is 0.143. The summed E-state index contributed by atoms with van der Waals surface area (Å²) < 4.78 is 31.2. The van der Waals surface area contributed by atoms with Gasteiger partial charge >= 0.3 is 5.69 Å². The Kier molecular flexibility index (Phi) is 5.38. The second-order valence-corrected chi connectivity index (χ2v) is 5.59. The van der Waals surface area contributed by atoms with E-state index < -0.39 is 10.1 Å². The summed E-state index contributed by atoms with van der Waals surface area (Å²) in [5.41, 5.74) is 2.64. The average Bonchev–Trinajstić information content (AvgIpc) is 2.39. The van der Waals surface area contributed by atoms with Crippen LogP contribution in [0.3, 0.4) is 0 Å². The minimum atomic E-state index is -4.27. The van der Waals surface area contributed by atoms with Crippen LogP contribution in [0.2, 0.25) is 0 Å². The highest BCUT2D eigenvalue weighted by Crippen LogP contribution is 2.11. The highest BCUT2D eigenvalue weighted by Gasteiger charge is 2.00. The minimum absolute atomic E-state index is 0.178. The van der Waals surface area contributed by atoms with Crippen LogP contribution in [-0.4, -0.2) is 13.0 Å². The Labute approximate surface area is 118 Å². The molecule has 0 spiro atoms. The number of rotatable bonds is 1. The summed E-state index contributed by atoms with van der Waals surface area (Å²) in [6.45, 7) is 3.77. The van der Waals surface area contributed by atoms with Crippen molar-refractivity contribution in [2.24, 2.45) is 0 Å². The summed E-state index contributed by atoms with van der Waals surface area (Å²) >= 11 is 0. The van der Waals surface area contributed by atoms with Gasteiger partial charge in [0.2, 0.25) is 5.39 Å². The lowest BCUT2D eigenvalue weighted by Crippen LogP contribution is -1.97. The zero-order valence-corrected chi connectivity index (χ0v) is 12.0. The molecule has 0 aliphatic heterocycles. The molecular formula is C14H14N2O3S. The maximum atomic E-state index is 10.4. The topological polar surface area (TPSA) is 85.3 Å². The highest BCUT2D eigenvalue weighted by molar-refractivity contribution is 7.85.